The number of non-ortho nitro benzene ring substituents is 1. The van der Waals surface area contributed by atoms with E-state index in [1.54, 1.807) is 11.3 Å². The minimum absolute atomic E-state index is 0.0516. The first-order valence-corrected chi connectivity index (χ1v) is 10.1. The summed E-state index contributed by atoms with van der Waals surface area (Å²) in [5.74, 6) is -0.326. The average Bonchev–Trinajstić information content (AvgIpc) is 3.24. The maximum atomic E-state index is 12.4. The molecule has 30 heavy (non-hydrogen) atoms. The smallest absolute Gasteiger partial charge is 0.269 e. The summed E-state index contributed by atoms with van der Waals surface area (Å²) in [7, 11) is 0. The summed E-state index contributed by atoms with van der Waals surface area (Å²) in [4.78, 5) is 27.3. The van der Waals surface area contributed by atoms with Gasteiger partial charge in [-0.15, -0.1) is 11.3 Å². The van der Waals surface area contributed by atoms with Crippen LogP contribution in [0.4, 0.5) is 11.4 Å². The first-order valence-electron chi connectivity index (χ1n) is 9.19. The molecule has 1 heterocycles. The van der Waals surface area contributed by atoms with Gasteiger partial charge >= 0.3 is 0 Å². The van der Waals surface area contributed by atoms with Crippen molar-refractivity contribution < 1.29 is 9.72 Å². The number of hydrogen-bond donors (Lipinski definition) is 1. The number of nitrogens with one attached hydrogen (secondary N) is 1. The second kappa shape index (κ2) is 8.26. The van der Waals surface area contributed by atoms with Crippen molar-refractivity contribution in [3.05, 3.63) is 99.4 Å². The van der Waals surface area contributed by atoms with Crippen LogP contribution in [-0.2, 0) is 0 Å². The molecule has 6 nitrogen and oxygen atoms in total. The van der Waals surface area contributed by atoms with Gasteiger partial charge in [0.1, 0.15) is 5.01 Å². The molecular formula is C23H17N3O3S. The first-order chi connectivity index (χ1) is 14.5. The van der Waals surface area contributed by atoms with Gasteiger partial charge in [0, 0.05) is 39.9 Å². The molecule has 4 aromatic rings. The monoisotopic (exact) mass is 415 g/mol. The second-order valence-electron chi connectivity index (χ2n) is 6.69. The summed E-state index contributed by atoms with van der Waals surface area (Å²) in [6.07, 6.45) is 0. The van der Waals surface area contributed by atoms with E-state index in [0.29, 0.717) is 11.3 Å². The molecule has 0 saturated carbocycles. The van der Waals surface area contributed by atoms with Gasteiger partial charge in [-0.25, -0.2) is 4.98 Å². The highest BCUT2D eigenvalue weighted by Crippen LogP contribution is 2.31. The van der Waals surface area contributed by atoms with Crippen molar-refractivity contribution >= 4 is 28.6 Å². The second-order valence-corrected chi connectivity index (χ2v) is 7.55. The highest BCUT2D eigenvalue weighted by atomic mass is 32.1. The van der Waals surface area contributed by atoms with E-state index in [9.17, 15) is 14.9 Å². The van der Waals surface area contributed by atoms with Gasteiger partial charge in [-0.3, -0.25) is 14.9 Å². The van der Waals surface area contributed by atoms with Gasteiger partial charge in [0.05, 0.1) is 10.6 Å². The Morgan fingerprint density at radius 3 is 2.37 bits per heavy atom. The highest BCUT2D eigenvalue weighted by Gasteiger charge is 2.11. The van der Waals surface area contributed by atoms with Gasteiger partial charge in [0.2, 0.25) is 0 Å². The van der Waals surface area contributed by atoms with E-state index in [2.05, 4.69) is 24.4 Å². The molecule has 0 spiro atoms. The molecule has 1 N–H and O–H groups in total. The molecule has 0 atom stereocenters. The van der Waals surface area contributed by atoms with Gasteiger partial charge < -0.3 is 5.32 Å². The molecule has 4 rings (SSSR count). The van der Waals surface area contributed by atoms with E-state index in [1.807, 2.05) is 41.8 Å². The maximum absolute atomic E-state index is 12.4. The number of thiazole rings is 1. The zero-order valence-corrected chi connectivity index (χ0v) is 16.8. The van der Waals surface area contributed by atoms with Crippen molar-refractivity contribution in [1.82, 2.24) is 4.98 Å². The third-order valence-electron chi connectivity index (χ3n) is 4.66. The van der Waals surface area contributed by atoms with Gasteiger partial charge in [0.25, 0.3) is 11.6 Å². The Labute approximate surface area is 177 Å². The molecule has 7 heteroatoms. The van der Waals surface area contributed by atoms with Crippen molar-refractivity contribution in [2.24, 2.45) is 0 Å². The van der Waals surface area contributed by atoms with E-state index < -0.39 is 4.92 Å². The normalized spacial score (nSPS) is 10.6. The summed E-state index contributed by atoms with van der Waals surface area (Å²) in [6.45, 7) is 2.07. The topological polar surface area (TPSA) is 85.1 Å². The minimum Gasteiger partial charge on any atom is -0.322 e. The van der Waals surface area contributed by atoms with Crippen molar-refractivity contribution in [2.45, 2.75) is 6.92 Å². The Bertz CT molecular complexity index is 1220. The molecule has 0 fully saturated rings. The summed E-state index contributed by atoms with van der Waals surface area (Å²) < 4.78 is 0. The molecule has 0 saturated heterocycles. The number of nitrogens with zero attached hydrogens (tertiary/aromatic N) is 2. The number of benzene rings is 3. The number of aromatic nitrogens is 1. The van der Waals surface area contributed by atoms with E-state index >= 15 is 0 Å². The number of anilines is 1. The van der Waals surface area contributed by atoms with Crippen LogP contribution >= 0.6 is 11.3 Å². The van der Waals surface area contributed by atoms with Crippen molar-refractivity contribution in [1.29, 1.82) is 0 Å². The molecule has 0 unspecified atom stereocenters. The Morgan fingerprint density at radius 1 is 1.00 bits per heavy atom. The van der Waals surface area contributed by atoms with E-state index in [4.69, 9.17) is 4.98 Å². The fourth-order valence-electron chi connectivity index (χ4n) is 3.00. The minimum atomic E-state index is -0.497. The van der Waals surface area contributed by atoms with Crippen LogP contribution in [0.2, 0.25) is 0 Å². The summed E-state index contributed by atoms with van der Waals surface area (Å²) >= 11 is 1.60. The van der Waals surface area contributed by atoms with Crippen LogP contribution in [0.15, 0.2) is 78.2 Å². The predicted octanol–water partition coefficient (Wildman–Crippen LogP) is 5.95. The van der Waals surface area contributed by atoms with Crippen molar-refractivity contribution in [2.75, 3.05) is 5.32 Å². The summed E-state index contributed by atoms with van der Waals surface area (Å²) in [5, 5.41) is 16.5. The van der Waals surface area contributed by atoms with Crippen LogP contribution in [0.1, 0.15) is 15.9 Å². The number of hydrogen-bond acceptors (Lipinski definition) is 5. The zero-order valence-electron chi connectivity index (χ0n) is 16.0. The highest BCUT2D eigenvalue weighted by molar-refractivity contribution is 7.13. The van der Waals surface area contributed by atoms with Crippen LogP contribution in [0, 0.1) is 17.0 Å². The van der Waals surface area contributed by atoms with E-state index in [-0.39, 0.29) is 11.6 Å². The maximum Gasteiger partial charge on any atom is 0.269 e. The van der Waals surface area contributed by atoms with Crippen LogP contribution in [0.3, 0.4) is 0 Å². The Kier molecular flexibility index (Phi) is 5.36. The number of aryl methyl sites for hydroxylation is 1. The zero-order chi connectivity index (χ0) is 21.1. The largest absolute Gasteiger partial charge is 0.322 e. The van der Waals surface area contributed by atoms with Crippen molar-refractivity contribution in [3.63, 3.8) is 0 Å². The van der Waals surface area contributed by atoms with Gasteiger partial charge in [-0.1, -0.05) is 36.4 Å². The Balaban J connectivity index is 1.47. The Morgan fingerprint density at radius 2 is 1.70 bits per heavy atom. The lowest BCUT2D eigenvalue weighted by Crippen LogP contribution is -2.11. The molecule has 1 aromatic heterocycles. The number of nitro benzene ring substituents is 1. The standard InChI is InChI=1S/C23H17N3O3S/c1-15-4-2-3-5-20(15)23-25-21(14-30-23)16-6-10-18(11-7-16)24-22(27)17-8-12-19(13-9-17)26(28)29/h2-14H,1H3,(H,24,27). The fourth-order valence-corrected chi connectivity index (χ4v) is 3.92. The SMILES string of the molecule is Cc1ccccc1-c1nc(-c2ccc(NC(=O)c3ccc([N+](=O)[O-])cc3)cc2)cs1. The molecule has 3 aromatic carbocycles. The average molecular weight is 415 g/mol. The molecule has 1 amide bonds. The molecule has 0 bridgehead atoms. The van der Waals surface area contributed by atoms with Gasteiger partial charge in [-0.05, 0) is 36.8 Å². The third kappa shape index (κ3) is 4.11. The van der Waals surface area contributed by atoms with Crippen LogP contribution < -0.4 is 5.32 Å². The fraction of sp³-hybridized carbons (Fsp3) is 0.0435. The van der Waals surface area contributed by atoms with E-state index in [1.165, 1.54) is 29.8 Å². The number of rotatable bonds is 5. The number of amides is 1. The number of carbonyl (C=O) groups excluding carboxylic acids is 1. The third-order valence-corrected chi connectivity index (χ3v) is 5.53. The lowest BCUT2D eigenvalue weighted by Gasteiger charge is -2.06. The number of carbonyl (C=O) groups is 1. The van der Waals surface area contributed by atoms with Gasteiger partial charge in [-0.2, -0.15) is 0 Å². The lowest BCUT2D eigenvalue weighted by atomic mass is 10.1. The predicted molar refractivity (Wildman–Crippen MR) is 119 cm³/mol. The lowest BCUT2D eigenvalue weighted by molar-refractivity contribution is -0.384. The van der Waals surface area contributed by atoms with Gasteiger partial charge in [0.15, 0.2) is 0 Å². The molecule has 0 aliphatic rings. The summed E-state index contributed by atoms with van der Waals surface area (Å²) in [5.41, 5.74) is 5.09. The quantitative estimate of drug-likeness (QED) is 0.323. The molecule has 0 aliphatic heterocycles. The molecule has 148 valence electrons. The van der Waals surface area contributed by atoms with E-state index in [0.717, 1.165) is 21.8 Å². The molecule has 0 radical (unpaired) electrons. The van der Waals surface area contributed by atoms with Crippen LogP contribution in [0.5, 0.6) is 0 Å². The van der Waals surface area contributed by atoms with Crippen LogP contribution in [-0.4, -0.2) is 15.8 Å². The molecular weight excluding hydrogens is 398 g/mol. The Hall–Kier alpha value is -3.84. The molecule has 0 aliphatic carbocycles. The van der Waals surface area contributed by atoms with Crippen molar-refractivity contribution in [3.8, 4) is 21.8 Å². The summed E-state index contributed by atoms with van der Waals surface area (Å²) in [6, 6.07) is 21.1. The number of nitro groups is 1. The first kappa shape index (κ1) is 19.5. The van der Waals surface area contributed by atoms with Crippen LogP contribution in [0.25, 0.3) is 21.8 Å².